The van der Waals surface area contributed by atoms with Gasteiger partial charge in [-0.05, 0) is 44.0 Å². The third-order valence-electron chi connectivity index (χ3n) is 4.74. The van der Waals surface area contributed by atoms with Crippen molar-refractivity contribution >= 4 is 38.5 Å². The van der Waals surface area contributed by atoms with Crippen LogP contribution in [0.2, 0.25) is 0 Å². The first-order valence-corrected chi connectivity index (χ1v) is 10.9. The minimum atomic E-state index is -3.82. The van der Waals surface area contributed by atoms with E-state index in [9.17, 15) is 8.42 Å². The highest BCUT2D eigenvalue weighted by Crippen LogP contribution is 2.27. The Morgan fingerprint density at radius 2 is 1.82 bits per heavy atom. The Labute approximate surface area is 167 Å². The van der Waals surface area contributed by atoms with Crippen molar-refractivity contribution in [3.8, 4) is 0 Å². The van der Waals surface area contributed by atoms with Gasteiger partial charge in [-0.2, -0.15) is 13.8 Å². The summed E-state index contributed by atoms with van der Waals surface area (Å²) in [7, 11) is -3.82. The zero-order valence-electron chi connectivity index (χ0n) is 15.7. The largest absolute Gasteiger partial charge is 0.276 e. The van der Waals surface area contributed by atoms with Crippen LogP contribution in [0.25, 0.3) is 11.0 Å². The van der Waals surface area contributed by atoms with Crippen LogP contribution in [0.3, 0.4) is 0 Å². The summed E-state index contributed by atoms with van der Waals surface area (Å²) in [6, 6.07) is 13.0. The quantitative estimate of drug-likeness (QED) is 0.539. The fourth-order valence-corrected chi connectivity index (χ4v) is 5.08. The SMILES string of the molecule is Cc1ccccc1Cn1nc(C)c(NS(=O)(=O)c2cccc3nsnc23)c1C. The minimum absolute atomic E-state index is 0.115. The summed E-state index contributed by atoms with van der Waals surface area (Å²) in [5.74, 6) is 0. The van der Waals surface area contributed by atoms with Crippen LogP contribution in [-0.4, -0.2) is 26.9 Å². The number of rotatable bonds is 5. The number of hydrogen-bond donors (Lipinski definition) is 1. The van der Waals surface area contributed by atoms with Crippen molar-refractivity contribution in [2.45, 2.75) is 32.2 Å². The summed E-state index contributed by atoms with van der Waals surface area (Å²) in [5.41, 5.74) is 5.12. The summed E-state index contributed by atoms with van der Waals surface area (Å²) < 4.78 is 38.8. The summed E-state index contributed by atoms with van der Waals surface area (Å²) in [6.45, 7) is 6.28. The molecule has 0 fully saturated rings. The first-order chi connectivity index (χ1) is 13.4. The molecule has 28 heavy (non-hydrogen) atoms. The van der Waals surface area contributed by atoms with Gasteiger partial charge in [0, 0.05) is 0 Å². The molecule has 4 aromatic rings. The number of aryl methyl sites for hydroxylation is 2. The molecule has 2 aromatic heterocycles. The fraction of sp³-hybridized carbons (Fsp3) is 0.211. The van der Waals surface area contributed by atoms with Gasteiger partial charge in [-0.25, -0.2) is 8.42 Å². The molecule has 0 bridgehead atoms. The van der Waals surface area contributed by atoms with Crippen LogP contribution >= 0.6 is 11.7 Å². The molecule has 0 amide bonds. The van der Waals surface area contributed by atoms with Crippen molar-refractivity contribution in [3.05, 3.63) is 65.0 Å². The standard InChI is InChI=1S/C19H19N5O2S2/c1-12-7-4-5-8-15(12)11-24-14(3)18(13(2)20-24)23-28(25,26)17-10-6-9-16-19(17)22-27-21-16/h4-10,23H,11H2,1-3H3. The van der Waals surface area contributed by atoms with Gasteiger partial charge in [0.2, 0.25) is 0 Å². The zero-order chi connectivity index (χ0) is 19.9. The van der Waals surface area contributed by atoms with Gasteiger partial charge in [0.25, 0.3) is 10.0 Å². The molecule has 7 nitrogen and oxygen atoms in total. The lowest BCUT2D eigenvalue weighted by atomic mass is 10.1. The second-order valence-corrected chi connectivity index (χ2v) is 8.80. The Morgan fingerprint density at radius 1 is 1.04 bits per heavy atom. The van der Waals surface area contributed by atoms with Gasteiger partial charge in [0.15, 0.2) is 0 Å². The second kappa shape index (κ2) is 6.99. The maximum Gasteiger partial charge on any atom is 0.264 e. The number of aromatic nitrogens is 4. The highest BCUT2D eigenvalue weighted by molar-refractivity contribution is 7.93. The number of anilines is 1. The maximum absolute atomic E-state index is 13.0. The minimum Gasteiger partial charge on any atom is -0.276 e. The van der Waals surface area contributed by atoms with E-state index in [1.807, 2.05) is 42.8 Å². The van der Waals surface area contributed by atoms with Gasteiger partial charge in [-0.15, -0.1) is 0 Å². The molecular formula is C19H19N5O2S2. The van der Waals surface area contributed by atoms with Gasteiger partial charge in [-0.1, -0.05) is 30.3 Å². The Hall–Kier alpha value is -2.78. The molecule has 0 saturated carbocycles. The molecule has 2 aromatic carbocycles. The molecule has 0 radical (unpaired) electrons. The van der Waals surface area contributed by atoms with Crippen molar-refractivity contribution in [1.29, 1.82) is 0 Å². The molecule has 9 heteroatoms. The summed E-state index contributed by atoms with van der Waals surface area (Å²) in [4.78, 5) is 0.115. The topological polar surface area (TPSA) is 89.8 Å². The van der Waals surface area contributed by atoms with E-state index in [-0.39, 0.29) is 4.90 Å². The van der Waals surface area contributed by atoms with Crippen LogP contribution in [-0.2, 0) is 16.6 Å². The predicted octanol–water partition coefficient (Wildman–Crippen LogP) is 3.66. The van der Waals surface area contributed by atoms with Crippen LogP contribution < -0.4 is 4.72 Å². The molecule has 0 aliphatic heterocycles. The van der Waals surface area contributed by atoms with Crippen LogP contribution in [0.1, 0.15) is 22.5 Å². The predicted molar refractivity (Wildman–Crippen MR) is 110 cm³/mol. The third kappa shape index (κ3) is 3.27. The lowest BCUT2D eigenvalue weighted by Gasteiger charge is -2.10. The van der Waals surface area contributed by atoms with E-state index in [4.69, 9.17) is 0 Å². The molecule has 4 rings (SSSR count). The Balaban J connectivity index is 1.70. The first kappa shape index (κ1) is 18.6. The second-order valence-electron chi connectivity index (χ2n) is 6.62. The number of fused-ring (bicyclic) bond motifs is 1. The number of nitrogens with zero attached hydrogens (tertiary/aromatic N) is 4. The van der Waals surface area contributed by atoms with Gasteiger partial charge in [-0.3, -0.25) is 9.40 Å². The average Bonchev–Trinajstić information content (AvgIpc) is 3.23. The molecular weight excluding hydrogens is 394 g/mol. The van der Waals surface area contributed by atoms with E-state index in [0.29, 0.717) is 29.0 Å². The molecule has 0 spiro atoms. The Morgan fingerprint density at radius 3 is 2.61 bits per heavy atom. The van der Waals surface area contributed by atoms with Gasteiger partial charge >= 0.3 is 0 Å². The molecule has 144 valence electrons. The van der Waals surface area contributed by atoms with Gasteiger partial charge in [0.1, 0.15) is 15.9 Å². The number of sulfonamides is 1. The van der Waals surface area contributed by atoms with E-state index in [1.54, 1.807) is 19.1 Å². The Kier molecular flexibility index (Phi) is 4.64. The normalized spacial score (nSPS) is 11.8. The van der Waals surface area contributed by atoms with Crippen molar-refractivity contribution in [2.75, 3.05) is 4.72 Å². The van der Waals surface area contributed by atoms with Gasteiger partial charge < -0.3 is 0 Å². The monoisotopic (exact) mass is 413 g/mol. The van der Waals surface area contributed by atoms with Crippen LogP contribution in [0.4, 0.5) is 5.69 Å². The lowest BCUT2D eigenvalue weighted by molar-refractivity contribution is 0.602. The fourth-order valence-electron chi connectivity index (χ4n) is 3.13. The molecule has 0 unspecified atom stereocenters. The smallest absolute Gasteiger partial charge is 0.264 e. The van der Waals surface area contributed by atoms with E-state index >= 15 is 0 Å². The molecule has 2 heterocycles. The summed E-state index contributed by atoms with van der Waals surface area (Å²) in [6.07, 6.45) is 0. The van der Waals surface area contributed by atoms with Crippen molar-refractivity contribution in [2.24, 2.45) is 0 Å². The van der Waals surface area contributed by atoms with Crippen LogP contribution in [0.5, 0.6) is 0 Å². The van der Waals surface area contributed by atoms with E-state index in [0.717, 1.165) is 23.0 Å². The summed E-state index contributed by atoms with van der Waals surface area (Å²) >= 11 is 0.994. The van der Waals surface area contributed by atoms with Gasteiger partial charge in [0.05, 0.1) is 35.3 Å². The number of hydrogen-bond acceptors (Lipinski definition) is 6. The lowest BCUT2D eigenvalue weighted by Crippen LogP contribution is -2.15. The number of benzene rings is 2. The highest BCUT2D eigenvalue weighted by atomic mass is 32.2. The average molecular weight is 414 g/mol. The zero-order valence-corrected chi connectivity index (χ0v) is 17.3. The van der Waals surface area contributed by atoms with Crippen LogP contribution in [0, 0.1) is 20.8 Å². The van der Waals surface area contributed by atoms with E-state index in [2.05, 4.69) is 18.6 Å². The van der Waals surface area contributed by atoms with E-state index < -0.39 is 10.0 Å². The van der Waals surface area contributed by atoms with Crippen molar-refractivity contribution in [3.63, 3.8) is 0 Å². The maximum atomic E-state index is 13.0. The van der Waals surface area contributed by atoms with E-state index in [1.165, 1.54) is 11.6 Å². The molecule has 1 N–H and O–H groups in total. The molecule has 0 atom stereocenters. The van der Waals surface area contributed by atoms with Crippen molar-refractivity contribution in [1.82, 2.24) is 18.5 Å². The van der Waals surface area contributed by atoms with Crippen LogP contribution in [0.15, 0.2) is 47.4 Å². The Bertz CT molecular complexity index is 1270. The first-order valence-electron chi connectivity index (χ1n) is 8.69. The summed E-state index contributed by atoms with van der Waals surface area (Å²) in [5, 5.41) is 4.54. The molecule has 0 aliphatic carbocycles. The molecule has 0 saturated heterocycles. The highest BCUT2D eigenvalue weighted by Gasteiger charge is 2.23. The number of nitrogens with one attached hydrogen (secondary N) is 1. The molecule has 0 aliphatic rings. The van der Waals surface area contributed by atoms with Crippen molar-refractivity contribution < 1.29 is 8.42 Å². The third-order valence-corrected chi connectivity index (χ3v) is 6.66.